The lowest BCUT2D eigenvalue weighted by molar-refractivity contribution is -0.152. The molecule has 0 bridgehead atoms. The van der Waals surface area contributed by atoms with Gasteiger partial charge in [0.05, 0.1) is 12.0 Å². The molecule has 1 N–H and O–H groups in total. The lowest BCUT2D eigenvalue weighted by atomic mass is 9.77. The summed E-state index contributed by atoms with van der Waals surface area (Å²) in [5.41, 5.74) is -0.536. The van der Waals surface area contributed by atoms with Crippen LogP contribution in [0.2, 0.25) is 0 Å². The van der Waals surface area contributed by atoms with Gasteiger partial charge in [-0.2, -0.15) is 0 Å². The van der Waals surface area contributed by atoms with Gasteiger partial charge in [-0.05, 0) is 46.6 Å². The first-order chi connectivity index (χ1) is 8.29. The Balaban J connectivity index is 2.64. The van der Waals surface area contributed by atoms with Crippen molar-refractivity contribution in [1.29, 1.82) is 0 Å². The summed E-state index contributed by atoms with van der Waals surface area (Å²) in [6, 6.07) is 0. The maximum Gasteiger partial charge on any atom is 0.310 e. The van der Waals surface area contributed by atoms with Gasteiger partial charge in [0.1, 0.15) is 0 Å². The zero-order valence-corrected chi connectivity index (χ0v) is 12.0. The highest BCUT2D eigenvalue weighted by atomic mass is 16.4. The number of aliphatic carboxylic acids is 1. The quantitative estimate of drug-likeness (QED) is 0.784. The summed E-state index contributed by atoms with van der Waals surface area (Å²) in [7, 11) is 0. The molecule has 1 rings (SSSR count). The van der Waals surface area contributed by atoms with Gasteiger partial charge >= 0.3 is 5.97 Å². The number of carbonyl (C=O) groups is 1. The summed E-state index contributed by atoms with van der Waals surface area (Å²) in [6.07, 6.45) is 2.45. The molecule has 0 spiro atoms. The lowest BCUT2D eigenvalue weighted by Crippen LogP contribution is -2.47. The number of hydrogen-bond acceptors (Lipinski definition) is 2. The van der Waals surface area contributed by atoms with Gasteiger partial charge < -0.3 is 5.11 Å². The molecule has 3 heteroatoms. The second-order valence-electron chi connectivity index (χ2n) is 6.31. The average molecular weight is 251 g/mol. The van der Waals surface area contributed by atoms with Crippen LogP contribution < -0.4 is 0 Å². The Morgan fingerprint density at radius 1 is 1.44 bits per heavy atom. The molecule has 1 atom stereocenters. The Bertz CT molecular complexity index is 359. The number of carboxylic acid groups (broad SMARTS) is 1. The van der Waals surface area contributed by atoms with Crippen LogP contribution in [0.3, 0.4) is 0 Å². The van der Waals surface area contributed by atoms with Gasteiger partial charge in [-0.3, -0.25) is 9.69 Å². The third kappa shape index (κ3) is 4.03. The van der Waals surface area contributed by atoms with E-state index in [2.05, 4.69) is 37.5 Å². The molecule has 0 aromatic carbocycles. The van der Waals surface area contributed by atoms with Crippen LogP contribution in [0.1, 0.15) is 47.0 Å². The Hall–Kier alpha value is -1.01. The van der Waals surface area contributed by atoms with Crippen molar-refractivity contribution < 1.29 is 9.90 Å². The zero-order valence-electron chi connectivity index (χ0n) is 12.0. The highest BCUT2D eigenvalue weighted by Gasteiger charge is 2.40. The normalized spacial score (nSPS) is 25.3. The standard InChI is InChI=1S/C15H25NO2/c1-5-15(13(17)18)9-7-11-16(12-15)10-6-8-14(2,3)4/h5,7,9-12H2,1-4H3,(H,17,18). The first-order valence-electron chi connectivity index (χ1n) is 6.75. The first kappa shape index (κ1) is 15.0. The van der Waals surface area contributed by atoms with E-state index in [1.165, 1.54) is 0 Å². The molecule has 1 heterocycles. The van der Waals surface area contributed by atoms with Crippen LogP contribution in [0.25, 0.3) is 0 Å². The van der Waals surface area contributed by atoms with E-state index in [1.54, 1.807) is 0 Å². The molecular formula is C15H25NO2. The topological polar surface area (TPSA) is 40.5 Å². The maximum atomic E-state index is 11.4. The molecule has 0 aliphatic carbocycles. The predicted molar refractivity (Wildman–Crippen MR) is 73.3 cm³/mol. The van der Waals surface area contributed by atoms with Crippen LogP contribution in [0.4, 0.5) is 0 Å². The minimum atomic E-state index is -0.654. The van der Waals surface area contributed by atoms with Crippen LogP contribution in [0.5, 0.6) is 0 Å². The van der Waals surface area contributed by atoms with E-state index in [0.717, 1.165) is 19.4 Å². The molecule has 0 aromatic rings. The van der Waals surface area contributed by atoms with Crippen LogP contribution in [0, 0.1) is 22.7 Å². The Morgan fingerprint density at radius 3 is 2.61 bits per heavy atom. The van der Waals surface area contributed by atoms with E-state index in [4.69, 9.17) is 0 Å². The van der Waals surface area contributed by atoms with Gasteiger partial charge in [0.25, 0.3) is 0 Å². The fraction of sp³-hybridized carbons (Fsp3) is 0.800. The fourth-order valence-electron chi connectivity index (χ4n) is 2.39. The molecule has 1 unspecified atom stereocenters. The van der Waals surface area contributed by atoms with E-state index in [9.17, 15) is 9.90 Å². The third-order valence-corrected chi connectivity index (χ3v) is 3.55. The second kappa shape index (κ2) is 5.75. The predicted octanol–water partition coefficient (Wildman–Crippen LogP) is 2.61. The van der Waals surface area contributed by atoms with E-state index in [-0.39, 0.29) is 5.41 Å². The monoisotopic (exact) mass is 251 g/mol. The largest absolute Gasteiger partial charge is 0.481 e. The number of nitrogens with zero attached hydrogens (tertiary/aromatic N) is 1. The molecule has 0 radical (unpaired) electrons. The van der Waals surface area contributed by atoms with Crippen molar-refractivity contribution in [2.45, 2.75) is 47.0 Å². The number of hydrogen-bond donors (Lipinski definition) is 1. The summed E-state index contributed by atoms with van der Waals surface area (Å²) in [6.45, 7) is 10.5. The number of rotatable bonds is 3. The summed E-state index contributed by atoms with van der Waals surface area (Å²) in [4.78, 5) is 13.6. The summed E-state index contributed by atoms with van der Waals surface area (Å²) in [5.74, 6) is 5.73. The van der Waals surface area contributed by atoms with Gasteiger partial charge in [-0.25, -0.2) is 0 Å². The molecular weight excluding hydrogens is 226 g/mol. The highest BCUT2D eigenvalue weighted by Crippen LogP contribution is 2.33. The molecule has 1 fully saturated rings. The number of likely N-dealkylation sites (tertiary alicyclic amines) is 1. The number of carboxylic acids is 1. The molecule has 102 valence electrons. The second-order valence-corrected chi connectivity index (χ2v) is 6.31. The van der Waals surface area contributed by atoms with Crippen molar-refractivity contribution in [3.63, 3.8) is 0 Å². The zero-order chi connectivity index (χ0) is 13.8. The molecule has 1 saturated heterocycles. The van der Waals surface area contributed by atoms with Gasteiger partial charge in [-0.1, -0.05) is 18.8 Å². The molecule has 0 amide bonds. The van der Waals surface area contributed by atoms with Gasteiger partial charge in [0, 0.05) is 12.0 Å². The van der Waals surface area contributed by atoms with Crippen LogP contribution in [-0.2, 0) is 4.79 Å². The van der Waals surface area contributed by atoms with Gasteiger partial charge in [0.15, 0.2) is 0 Å². The minimum absolute atomic E-state index is 0.0183. The molecule has 0 saturated carbocycles. The van der Waals surface area contributed by atoms with Crippen molar-refractivity contribution in [3.05, 3.63) is 0 Å². The average Bonchev–Trinajstić information content (AvgIpc) is 2.27. The van der Waals surface area contributed by atoms with Gasteiger partial charge in [0.2, 0.25) is 0 Å². The van der Waals surface area contributed by atoms with E-state index >= 15 is 0 Å². The Morgan fingerprint density at radius 2 is 2.11 bits per heavy atom. The van der Waals surface area contributed by atoms with Crippen LogP contribution >= 0.6 is 0 Å². The maximum absolute atomic E-state index is 11.4. The van der Waals surface area contributed by atoms with Crippen molar-refractivity contribution in [1.82, 2.24) is 4.90 Å². The Labute approximate surface area is 111 Å². The fourth-order valence-corrected chi connectivity index (χ4v) is 2.39. The molecule has 3 nitrogen and oxygen atoms in total. The third-order valence-electron chi connectivity index (χ3n) is 3.55. The summed E-state index contributed by atoms with van der Waals surface area (Å²) < 4.78 is 0. The van der Waals surface area contributed by atoms with Crippen molar-refractivity contribution >= 4 is 5.97 Å². The SMILES string of the molecule is CCC1(C(=O)O)CCCN(CC#CC(C)(C)C)C1. The number of piperidine rings is 1. The first-order valence-corrected chi connectivity index (χ1v) is 6.75. The summed E-state index contributed by atoms with van der Waals surface area (Å²) in [5, 5.41) is 9.40. The molecule has 1 aliphatic heterocycles. The van der Waals surface area contributed by atoms with Crippen LogP contribution in [-0.4, -0.2) is 35.6 Å². The molecule has 0 aromatic heterocycles. The van der Waals surface area contributed by atoms with Crippen molar-refractivity contribution in [2.75, 3.05) is 19.6 Å². The van der Waals surface area contributed by atoms with Gasteiger partial charge in [-0.15, -0.1) is 0 Å². The van der Waals surface area contributed by atoms with E-state index in [0.29, 0.717) is 19.5 Å². The molecule has 18 heavy (non-hydrogen) atoms. The van der Waals surface area contributed by atoms with Crippen molar-refractivity contribution in [2.24, 2.45) is 10.8 Å². The highest BCUT2D eigenvalue weighted by molar-refractivity contribution is 5.75. The Kier molecular flexibility index (Phi) is 4.81. The van der Waals surface area contributed by atoms with E-state index < -0.39 is 11.4 Å². The smallest absolute Gasteiger partial charge is 0.310 e. The minimum Gasteiger partial charge on any atom is -0.481 e. The summed E-state index contributed by atoms with van der Waals surface area (Å²) >= 11 is 0. The molecule has 1 aliphatic rings. The van der Waals surface area contributed by atoms with Crippen molar-refractivity contribution in [3.8, 4) is 11.8 Å². The van der Waals surface area contributed by atoms with E-state index in [1.807, 2.05) is 6.92 Å². The lowest BCUT2D eigenvalue weighted by Gasteiger charge is -2.38. The van der Waals surface area contributed by atoms with Crippen LogP contribution in [0.15, 0.2) is 0 Å².